The van der Waals surface area contributed by atoms with Gasteiger partial charge in [0.2, 0.25) is 0 Å². The summed E-state index contributed by atoms with van der Waals surface area (Å²) in [6, 6.07) is 4.29. The molecule has 19 heavy (non-hydrogen) atoms. The van der Waals surface area contributed by atoms with Gasteiger partial charge in [0.05, 0.1) is 0 Å². The number of hydrogen-bond donors (Lipinski definition) is 1. The Balaban J connectivity index is 2.35. The van der Waals surface area contributed by atoms with Crippen LogP contribution < -0.4 is 10.6 Å². The minimum atomic E-state index is 0.0647. The zero-order valence-corrected chi connectivity index (χ0v) is 13.0. The molecule has 2 rings (SSSR count). The van der Waals surface area contributed by atoms with Gasteiger partial charge in [-0.3, -0.25) is 0 Å². The summed E-state index contributed by atoms with van der Waals surface area (Å²) in [7, 11) is 0. The van der Waals surface area contributed by atoms with E-state index < -0.39 is 0 Å². The second-order valence-corrected chi connectivity index (χ2v) is 7.51. The van der Waals surface area contributed by atoms with Crippen molar-refractivity contribution in [3.05, 3.63) is 23.4 Å². The van der Waals surface area contributed by atoms with Crippen LogP contribution in [0.1, 0.15) is 52.3 Å². The first-order valence-electron chi connectivity index (χ1n) is 7.18. The molecule has 2 heterocycles. The number of hydrogen-bond acceptors (Lipinski definition) is 3. The van der Waals surface area contributed by atoms with E-state index in [0.717, 1.165) is 24.6 Å². The Kier molecular flexibility index (Phi) is 3.61. The van der Waals surface area contributed by atoms with E-state index in [-0.39, 0.29) is 5.41 Å². The van der Waals surface area contributed by atoms with E-state index in [1.807, 2.05) is 0 Å². The Hall–Kier alpha value is -1.09. The van der Waals surface area contributed by atoms with E-state index in [0.29, 0.717) is 12.0 Å². The largest absolute Gasteiger partial charge is 0.356 e. The van der Waals surface area contributed by atoms with Crippen LogP contribution in [0, 0.1) is 5.41 Å². The zero-order valence-electron chi connectivity index (χ0n) is 13.0. The Labute approximate surface area is 117 Å². The molecule has 0 bridgehead atoms. The molecular weight excluding hydrogens is 234 g/mol. The van der Waals surface area contributed by atoms with Gasteiger partial charge in [-0.2, -0.15) is 0 Å². The van der Waals surface area contributed by atoms with Crippen LogP contribution in [0.4, 0.5) is 5.82 Å². The Bertz CT molecular complexity index is 458. The molecule has 1 saturated heterocycles. The molecule has 1 fully saturated rings. The summed E-state index contributed by atoms with van der Waals surface area (Å²) in [4.78, 5) is 7.27. The Morgan fingerprint density at radius 2 is 2.00 bits per heavy atom. The molecule has 2 N–H and O–H groups in total. The van der Waals surface area contributed by atoms with Gasteiger partial charge in [-0.05, 0) is 29.5 Å². The van der Waals surface area contributed by atoms with Gasteiger partial charge in [0.15, 0.2) is 0 Å². The highest BCUT2D eigenvalue weighted by atomic mass is 15.2. The fourth-order valence-electron chi connectivity index (χ4n) is 2.54. The highest BCUT2D eigenvalue weighted by Crippen LogP contribution is 2.33. The maximum absolute atomic E-state index is 5.84. The summed E-state index contributed by atoms with van der Waals surface area (Å²) in [6.45, 7) is 14.0. The Morgan fingerprint density at radius 1 is 1.32 bits per heavy atom. The zero-order chi connectivity index (χ0) is 14.3. The van der Waals surface area contributed by atoms with E-state index in [4.69, 9.17) is 10.7 Å². The molecule has 0 aliphatic carbocycles. The quantitative estimate of drug-likeness (QED) is 0.889. The molecule has 0 atom stereocenters. The molecule has 0 unspecified atom stereocenters. The molecule has 3 heteroatoms. The lowest BCUT2D eigenvalue weighted by Crippen LogP contribution is -2.25. The Morgan fingerprint density at radius 3 is 2.47 bits per heavy atom. The van der Waals surface area contributed by atoms with Gasteiger partial charge in [-0.25, -0.2) is 4.98 Å². The number of nitrogens with two attached hydrogens (primary N) is 1. The van der Waals surface area contributed by atoms with Crippen LogP contribution in [0.15, 0.2) is 12.1 Å². The van der Waals surface area contributed by atoms with Gasteiger partial charge in [-0.1, -0.05) is 34.6 Å². The number of anilines is 1. The second kappa shape index (κ2) is 4.78. The van der Waals surface area contributed by atoms with Gasteiger partial charge < -0.3 is 10.6 Å². The fourth-order valence-corrected chi connectivity index (χ4v) is 2.54. The molecule has 0 saturated carbocycles. The molecule has 1 aliphatic rings. The molecule has 1 aliphatic heterocycles. The highest BCUT2D eigenvalue weighted by Gasteiger charge is 2.30. The van der Waals surface area contributed by atoms with Crippen molar-refractivity contribution in [2.45, 2.75) is 53.0 Å². The summed E-state index contributed by atoms with van der Waals surface area (Å²) in [5.74, 6) is 1.10. The molecule has 0 radical (unpaired) electrons. The number of aromatic nitrogens is 1. The third-order valence-corrected chi connectivity index (χ3v) is 3.88. The van der Waals surface area contributed by atoms with Gasteiger partial charge >= 0.3 is 0 Å². The first-order chi connectivity index (χ1) is 8.71. The average molecular weight is 261 g/mol. The van der Waals surface area contributed by atoms with Crippen LogP contribution in [-0.4, -0.2) is 18.1 Å². The van der Waals surface area contributed by atoms with Crippen molar-refractivity contribution in [3.8, 4) is 0 Å². The summed E-state index contributed by atoms with van der Waals surface area (Å²) >= 11 is 0. The predicted octanol–water partition coefficient (Wildman–Crippen LogP) is 3.07. The second-order valence-electron chi connectivity index (χ2n) is 7.51. The van der Waals surface area contributed by atoms with Gasteiger partial charge in [0.25, 0.3) is 0 Å². The van der Waals surface area contributed by atoms with E-state index in [9.17, 15) is 0 Å². The summed E-state index contributed by atoms with van der Waals surface area (Å²) in [6.07, 6.45) is 1.23. The summed E-state index contributed by atoms with van der Waals surface area (Å²) in [5, 5.41) is 0. The summed E-state index contributed by atoms with van der Waals surface area (Å²) in [5.41, 5.74) is 8.61. The lowest BCUT2D eigenvalue weighted by Gasteiger charge is -2.25. The molecule has 0 spiro atoms. The minimum absolute atomic E-state index is 0.0647. The number of pyridine rings is 1. The third-order valence-electron chi connectivity index (χ3n) is 3.88. The van der Waals surface area contributed by atoms with Crippen molar-refractivity contribution in [3.63, 3.8) is 0 Å². The van der Waals surface area contributed by atoms with Crippen molar-refractivity contribution in [1.82, 2.24) is 4.98 Å². The molecule has 106 valence electrons. The van der Waals surface area contributed by atoms with Crippen LogP contribution in [0.25, 0.3) is 0 Å². The molecule has 3 nitrogen and oxygen atoms in total. The van der Waals surface area contributed by atoms with Crippen LogP contribution in [0.3, 0.4) is 0 Å². The van der Waals surface area contributed by atoms with Crippen molar-refractivity contribution in [2.24, 2.45) is 11.1 Å². The maximum atomic E-state index is 5.84. The van der Waals surface area contributed by atoms with Crippen LogP contribution in [0.2, 0.25) is 0 Å². The number of nitrogens with zero attached hydrogens (tertiary/aromatic N) is 2. The van der Waals surface area contributed by atoms with Crippen molar-refractivity contribution >= 4 is 5.82 Å². The highest BCUT2D eigenvalue weighted by molar-refractivity contribution is 5.45. The van der Waals surface area contributed by atoms with Gasteiger partial charge in [0, 0.05) is 30.7 Å². The first-order valence-corrected chi connectivity index (χ1v) is 7.18. The third kappa shape index (κ3) is 3.27. The summed E-state index contributed by atoms with van der Waals surface area (Å²) < 4.78 is 0. The van der Waals surface area contributed by atoms with E-state index in [1.165, 1.54) is 12.0 Å². The lowest BCUT2D eigenvalue weighted by molar-refractivity contribution is 0.418. The molecule has 1 aromatic rings. The molecular formula is C16H27N3. The fraction of sp³-hybridized carbons (Fsp3) is 0.688. The monoisotopic (exact) mass is 261 g/mol. The van der Waals surface area contributed by atoms with Crippen LogP contribution in [0.5, 0.6) is 0 Å². The average Bonchev–Trinajstić information content (AvgIpc) is 2.68. The lowest BCUT2D eigenvalue weighted by atomic mass is 9.90. The topological polar surface area (TPSA) is 42.1 Å². The standard InChI is InChI=1S/C16H27N3/c1-15(2,3)13-8-12(10-17)9-14(18-13)19-7-6-16(4,5)11-19/h8-9H,6-7,10-11,17H2,1-5H3. The normalized spacial score (nSPS) is 18.9. The van der Waals surface area contributed by atoms with Gasteiger partial charge in [-0.15, -0.1) is 0 Å². The predicted molar refractivity (Wildman–Crippen MR) is 81.4 cm³/mol. The van der Waals surface area contributed by atoms with Crippen molar-refractivity contribution < 1.29 is 0 Å². The van der Waals surface area contributed by atoms with E-state index >= 15 is 0 Å². The minimum Gasteiger partial charge on any atom is -0.356 e. The van der Waals surface area contributed by atoms with E-state index in [2.05, 4.69) is 51.7 Å². The van der Waals surface area contributed by atoms with Gasteiger partial charge in [0.1, 0.15) is 5.82 Å². The molecule has 0 amide bonds. The smallest absolute Gasteiger partial charge is 0.129 e. The van der Waals surface area contributed by atoms with Crippen molar-refractivity contribution in [1.29, 1.82) is 0 Å². The maximum Gasteiger partial charge on any atom is 0.129 e. The number of rotatable bonds is 2. The van der Waals surface area contributed by atoms with Crippen LogP contribution in [-0.2, 0) is 12.0 Å². The SMILES string of the molecule is CC1(C)CCN(c2cc(CN)cc(C(C)(C)C)n2)C1. The first kappa shape index (κ1) is 14.3. The van der Waals surface area contributed by atoms with Crippen molar-refractivity contribution in [2.75, 3.05) is 18.0 Å². The van der Waals surface area contributed by atoms with E-state index in [1.54, 1.807) is 0 Å². The molecule has 1 aromatic heterocycles. The molecule has 0 aromatic carbocycles. The van der Waals surface area contributed by atoms with Crippen LogP contribution >= 0.6 is 0 Å².